The van der Waals surface area contributed by atoms with Gasteiger partial charge in [-0.2, -0.15) is 0 Å². The summed E-state index contributed by atoms with van der Waals surface area (Å²) in [5.41, 5.74) is 5.07. The van der Waals surface area contributed by atoms with Crippen LogP contribution in [0.25, 0.3) is 0 Å². The number of hydrogen-bond acceptors (Lipinski definition) is 5. The molecule has 2 aliphatic rings. The van der Waals surface area contributed by atoms with E-state index in [0.29, 0.717) is 18.5 Å². The highest BCUT2D eigenvalue weighted by Crippen LogP contribution is 2.35. The van der Waals surface area contributed by atoms with Gasteiger partial charge < -0.3 is 5.73 Å². The van der Waals surface area contributed by atoms with Gasteiger partial charge in [0.15, 0.2) is 5.78 Å². The van der Waals surface area contributed by atoms with E-state index in [0.717, 1.165) is 24.0 Å². The largest absolute Gasteiger partial charge is 0.384 e. The predicted molar refractivity (Wildman–Crippen MR) is 106 cm³/mol. The summed E-state index contributed by atoms with van der Waals surface area (Å²) in [7, 11) is 1.41. The zero-order chi connectivity index (χ0) is 19.7. The standard InChI is InChI=1S/C20H32N4O3/c1-13(2)11-24-18(21)17(19(26)22(3)20(24)27)16(25)12-23-10-6-8-14-7-4-5-9-15(14)23/h13-15H,4-12,21H2,1-3H3. The second kappa shape index (κ2) is 8.00. The molecule has 0 radical (unpaired) electrons. The minimum Gasteiger partial charge on any atom is -0.384 e. The van der Waals surface area contributed by atoms with Crippen molar-refractivity contribution in [2.24, 2.45) is 18.9 Å². The maximum absolute atomic E-state index is 13.1. The summed E-state index contributed by atoms with van der Waals surface area (Å²) in [4.78, 5) is 40.4. The van der Waals surface area contributed by atoms with Gasteiger partial charge in [-0.05, 0) is 44.1 Å². The number of nitrogen functional groups attached to an aromatic ring is 1. The highest BCUT2D eigenvalue weighted by molar-refractivity contribution is 6.01. The van der Waals surface area contributed by atoms with Crippen molar-refractivity contribution in [3.63, 3.8) is 0 Å². The molecule has 7 nitrogen and oxygen atoms in total. The van der Waals surface area contributed by atoms with E-state index in [-0.39, 0.29) is 29.6 Å². The second-order valence-corrected chi connectivity index (χ2v) is 8.56. The number of piperidine rings is 1. The molecule has 2 N–H and O–H groups in total. The van der Waals surface area contributed by atoms with Gasteiger partial charge in [0.25, 0.3) is 5.56 Å². The Labute approximate surface area is 160 Å². The van der Waals surface area contributed by atoms with E-state index in [1.54, 1.807) is 0 Å². The molecule has 2 unspecified atom stereocenters. The van der Waals surface area contributed by atoms with E-state index in [1.807, 2.05) is 13.8 Å². The van der Waals surface area contributed by atoms with Crippen LogP contribution in [0.3, 0.4) is 0 Å². The molecule has 0 bridgehead atoms. The molecule has 1 saturated heterocycles. The highest BCUT2D eigenvalue weighted by Gasteiger charge is 2.35. The minimum atomic E-state index is -0.584. The fourth-order valence-electron chi connectivity index (χ4n) is 4.77. The molecule has 1 aliphatic heterocycles. The summed E-state index contributed by atoms with van der Waals surface area (Å²) >= 11 is 0. The van der Waals surface area contributed by atoms with Crippen LogP contribution in [0.5, 0.6) is 0 Å². The molecule has 2 atom stereocenters. The Morgan fingerprint density at radius 1 is 1.15 bits per heavy atom. The number of ketones is 1. The molecular formula is C20H32N4O3. The number of nitrogens with two attached hydrogens (primary N) is 1. The number of carbonyl (C=O) groups is 1. The van der Waals surface area contributed by atoms with E-state index in [1.165, 1.54) is 37.3 Å². The topological polar surface area (TPSA) is 90.3 Å². The number of rotatable bonds is 5. The van der Waals surface area contributed by atoms with E-state index in [4.69, 9.17) is 5.73 Å². The van der Waals surface area contributed by atoms with Gasteiger partial charge in [0.05, 0.1) is 6.54 Å². The van der Waals surface area contributed by atoms with Crippen LogP contribution in [0.4, 0.5) is 5.82 Å². The molecule has 150 valence electrons. The summed E-state index contributed by atoms with van der Waals surface area (Å²) in [6.45, 7) is 5.41. The van der Waals surface area contributed by atoms with Crippen LogP contribution in [-0.2, 0) is 13.6 Å². The van der Waals surface area contributed by atoms with Crippen molar-refractivity contribution < 1.29 is 4.79 Å². The summed E-state index contributed by atoms with van der Waals surface area (Å²) in [6, 6.07) is 0.433. The molecule has 0 aromatic carbocycles. The average molecular weight is 377 g/mol. The third-order valence-electron chi connectivity index (χ3n) is 6.11. The fourth-order valence-corrected chi connectivity index (χ4v) is 4.77. The molecule has 27 heavy (non-hydrogen) atoms. The molecule has 2 heterocycles. The first-order valence-corrected chi connectivity index (χ1v) is 10.2. The Morgan fingerprint density at radius 2 is 1.81 bits per heavy atom. The van der Waals surface area contributed by atoms with Crippen molar-refractivity contribution in [3.05, 3.63) is 26.4 Å². The zero-order valence-corrected chi connectivity index (χ0v) is 16.7. The monoisotopic (exact) mass is 376 g/mol. The smallest absolute Gasteiger partial charge is 0.332 e. The number of anilines is 1. The van der Waals surface area contributed by atoms with Gasteiger partial charge in [-0.15, -0.1) is 0 Å². The van der Waals surface area contributed by atoms with Gasteiger partial charge in [0.2, 0.25) is 0 Å². The Kier molecular flexibility index (Phi) is 5.89. The number of likely N-dealkylation sites (tertiary alicyclic amines) is 1. The van der Waals surface area contributed by atoms with Crippen LogP contribution < -0.4 is 17.0 Å². The van der Waals surface area contributed by atoms with Crippen LogP contribution in [0.15, 0.2) is 9.59 Å². The number of aromatic nitrogens is 2. The van der Waals surface area contributed by atoms with Gasteiger partial charge in [-0.1, -0.05) is 26.7 Å². The van der Waals surface area contributed by atoms with Crippen molar-refractivity contribution in [3.8, 4) is 0 Å². The lowest BCUT2D eigenvalue weighted by molar-refractivity contribution is 0.0538. The number of carbonyl (C=O) groups excluding carboxylic acids is 1. The Bertz CT molecular complexity index is 822. The predicted octanol–water partition coefficient (Wildman–Crippen LogP) is 1.62. The summed E-state index contributed by atoms with van der Waals surface area (Å²) < 4.78 is 2.37. The molecule has 1 aromatic rings. The van der Waals surface area contributed by atoms with Crippen LogP contribution in [0.2, 0.25) is 0 Å². The molecule has 0 amide bonds. The average Bonchev–Trinajstić information content (AvgIpc) is 2.64. The normalized spacial score (nSPS) is 23.4. The molecule has 2 fully saturated rings. The van der Waals surface area contributed by atoms with Crippen LogP contribution >= 0.6 is 0 Å². The Hall–Kier alpha value is -1.89. The van der Waals surface area contributed by atoms with Crippen LogP contribution in [0, 0.1) is 11.8 Å². The number of fused-ring (bicyclic) bond motifs is 1. The first-order valence-electron chi connectivity index (χ1n) is 10.2. The first-order chi connectivity index (χ1) is 12.8. The van der Waals surface area contributed by atoms with Gasteiger partial charge in [-0.25, -0.2) is 4.79 Å². The van der Waals surface area contributed by atoms with E-state index < -0.39 is 11.2 Å². The van der Waals surface area contributed by atoms with Crippen molar-refractivity contribution in [2.45, 2.75) is 65.0 Å². The molecule has 0 spiro atoms. The van der Waals surface area contributed by atoms with Gasteiger partial charge in [0, 0.05) is 19.6 Å². The Balaban J connectivity index is 1.91. The molecule has 7 heteroatoms. The minimum absolute atomic E-state index is 0.0130. The Morgan fingerprint density at radius 3 is 2.52 bits per heavy atom. The second-order valence-electron chi connectivity index (χ2n) is 8.56. The lowest BCUT2D eigenvalue weighted by Gasteiger charge is -2.43. The summed E-state index contributed by atoms with van der Waals surface area (Å²) in [5, 5.41) is 0. The van der Waals surface area contributed by atoms with Crippen LogP contribution in [-0.4, -0.2) is 38.9 Å². The maximum atomic E-state index is 13.1. The fraction of sp³-hybridized carbons (Fsp3) is 0.750. The quantitative estimate of drug-likeness (QED) is 0.789. The van der Waals surface area contributed by atoms with Crippen molar-refractivity contribution in [1.29, 1.82) is 0 Å². The molecule has 1 saturated carbocycles. The third kappa shape index (κ3) is 3.88. The molecule has 1 aliphatic carbocycles. The highest BCUT2D eigenvalue weighted by atomic mass is 16.2. The van der Waals surface area contributed by atoms with Gasteiger partial charge in [0.1, 0.15) is 11.4 Å². The van der Waals surface area contributed by atoms with E-state index in [9.17, 15) is 14.4 Å². The SMILES string of the molecule is CC(C)Cn1c(N)c(C(=O)CN2CCCC3CCCCC32)c(=O)n(C)c1=O. The van der Waals surface area contributed by atoms with Crippen molar-refractivity contribution in [1.82, 2.24) is 14.0 Å². The van der Waals surface area contributed by atoms with Gasteiger partial charge >= 0.3 is 5.69 Å². The lowest BCUT2D eigenvalue weighted by atomic mass is 9.78. The molecular weight excluding hydrogens is 344 g/mol. The maximum Gasteiger partial charge on any atom is 0.332 e. The van der Waals surface area contributed by atoms with Crippen molar-refractivity contribution in [2.75, 3.05) is 18.8 Å². The summed E-state index contributed by atoms with van der Waals surface area (Å²) in [5.74, 6) is 0.585. The first kappa shape index (κ1) is 19.9. The zero-order valence-electron chi connectivity index (χ0n) is 16.7. The van der Waals surface area contributed by atoms with E-state index >= 15 is 0 Å². The summed E-state index contributed by atoms with van der Waals surface area (Å²) in [6.07, 6.45) is 7.16. The number of hydrogen-bond donors (Lipinski definition) is 1. The van der Waals surface area contributed by atoms with Crippen molar-refractivity contribution >= 4 is 11.6 Å². The third-order valence-corrected chi connectivity index (χ3v) is 6.11. The van der Waals surface area contributed by atoms with Gasteiger partial charge in [-0.3, -0.25) is 23.6 Å². The van der Waals surface area contributed by atoms with E-state index in [2.05, 4.69) is 4.90 Å². The molecule has 1 aromatic heterocycles. The lowest BCUT2D eigenvalue weighted by Crippen LogP contribution is -2.50. The molecule has 3 rings (SSSR count). The number of Topliss-reactive ketones (excluding diaryl/α,β-unsaturated/α-hetero) is 1. The number of nitrogens with zero attached hydrogens (tertiary/aromatic N) is 3. The van der Waals surface area contributed by atoms with Crippen LogP contribution in [0.1, 0.15) is 62.7 Å².